The zero-order valence-electron chi connectivity index (χ0n) is 40.2. The Bertz CT molecular complexity index is 4180. The van der Waals surface area contributed by atoms with Crippen LogP contribution in [0.3, 0.4) is 0 Å². The first-order chi connectivity index (χ1) is 35.9. The maximum Gasteiger partial charge on any atom is 0.182 e. The number of nitrogens with zero attached hydrogens (tertiary/aromatic N) is 7. The lowest BCUT2D eigenvalue weighted by Gasteiger charge is -2.29. The van der Waals surface area contributed by atoms with Gasteiger partial charge in [0.25, 0.3) is 0 Å². The summed E-state index contributed by atoms with van der Waals surface area (Å²) in [6.07, 6.45) is 5.61. The molecule has 7 nitrogen and oxygen atoms in total. The van der Waals surface area contributed by atoms with Gasteiger partial charge in [-0.05, 0) is 129 Å². The Morgan fingerprint density at radius 1 is 0.521 bits per heavy atom. The lowest BCUT2D eigenvalue weighted by atomic mass is 9.80. The summed E-state index contributed by atoms with van der Waals surface area (Å²) in [5.41, 5.74) is 20.0. The Labute approximate surface area is 423 Å². The van der Waals surface area contributed by atoms with Crippen LogP contribution in [0.4, 0.5) is 11.5 Å². The number of benzene rings is 8. The fourth-order valence-corrected chi connectivity index (χ4v) is 11.7. The van der Waals surface area contributed by atoms with E-state index in [0.29, 0.717) is 28.7 Å². The minimum absolute atomic E-state index is 0.0473. The maximum absolute atomic E-state index is 9.70. The molecule has 4 heterocycles. The zero-order valence-corrected chi connectivity index (χ0v) is 40.2. The molecule has 0 saturated heterocycles. The lowest BCUT2D eigenvalue weighted by Crippen LogP contribution is -2.28. The first-order valence-electron chi connectivity index (χ1n) is 24.9. The van der Waals surface area contributed by atoms with Gasteiger partial charge in [-0.2, -0.15) is 5.26 Å². The molecule has 2 aliphatic carbocycles. The molecule has 0 saturated carbocycles. The van der Waals surface area contributed by atoms with Gasteiger partial charge in [-0.15, -0.1) is 0 Å². The number of allylic oxidation sites excluding steroid dienone is 2. The second kappa shape index (κ2) is 16.5. The van der Waals surface area contributed by atoms with Crippen molar-refractivity contribution < 1.29 is 0 Å². The van der Waals surface area contributed by atoms with Crippen LogP contribution in [0.25, 0.3) is 95.2 Å². The van der Waals surface area contributed by atoms with Gasteiger partial charge in [0.05, 0.1) is 34.4 Å². The van der Waals surface area contributed by atoms with Crippen LogP contribution in [-0.4, -0.2) is 30.5 Å². The van der Waals surface area contributed by atoms with Crippen LogP contribution in [0, 0.1) is 11.3 Å². The summed E-state index contributed by atoms with van der Waals surface area (Å²) < 4.78 is 2.40. The van der Waals surface area contributed by atoms with Gasteiger partial charge >= 0.3 is 0 Å². The Morgan fingerprint density at radius 2 is 1.16 bits per heavy atom. The molecule has 14 rings (SSSR count). The molecular weight excluding hydrogens is 891 g/mol. The van der Waals surface area contributed by atoms with Gasteiger partial charge in [-0.3, -0.25) is 0 Å². The van der Waals surface area contributed by atoms with E-state index in [-0.39, 0.29) is 11.5 Å². The lowest BCUT2D eigenvalue weighted by molar-refractivity contribution is 0.660. The largest absolute Gasteiger partial charge is 0.318 e. The second-order valence-corrected chi connectivity index (χ2v) is 19.7. The van der Waals surface area contributed by atoms with Crippen LogP contribution in [0.15, 0.2) is 218 Å². The molecule has 0 N–H and O–H groups in total. The fourth-order valence-electron chi connectivity index (χ4n) is 11.7. The number of para-hydroxylation sites is 3. The molecule has 11 aromatic rings. The summed E-state index contributed by atoms with van der Waals surface area (Å²) in [4.78, 5) is 22.5. The molecule has 344 valence electrons. The highest BCUT2D eigenvalue weighted by molar-refractivity contribution is 6.16. The topological polar surface area (TPSA) is 83.5 Å². The molecule has 1 aliphatic heterocycles. The number of pyridine rings is 1. The molecule has 1 unspecified atom stereocenters. The minimum atomic E-state index is -0.219. The third-order valence-electron chi connectivity index (χ3n) is 15.2. The third-order valence-corrected chi connectivity index (χ3v) is 15.2. The number of rotatable bonds is 7. The zero-order chi connectivity index (χ0) is 48.8. The standard InChI is InChI=1S/C66H45N7/c1-66(2)54-38-44(30-33-49(54)50-34-31-45(39-55(50)66)48-24-14-28-60-62(48)52-23-10-12-27-58(52)72(60)47-20-7-4-8-21-47)43-32-35-59-53(37-43)51-22-9-11-26-57(51)73(59)61-29-15-25-56(68-61)65-70-63(42-17-5-3-6-18-42)69-64(71-65)46-19-13-16-41(36-46)40-67/h3-34,36-39,59H,35H2,1-2H3. The Morgan fingerprint density at radius 3 is 1.99 bits per heavy atom. The van der Waals surface area contributed by atoms with Gasteiger partial charge in [0.2, 0.25) is 0 Å². The third kappa shape index (κ3) is 6.79. The maximum atomic E-state index is 9.70. The molecule has 0 bridgehead atoms. The molecule has 3 aromatic heterocycles. The molecule has 0 fully saturated rings. The molecule has 0 spiro atoms. The molecular formula is C66H45N7. The average Bonchev–Trinajstić information content (AvgIpc) is 4.05. The van der Waals surface area contributed by atoms with E-state index >= 15 is 0 Å². The quantitative estimate of drug-likeness (QED) is 0.158. The van der Waals surface area contributed by atoms with Gasteiger partial charge in [0, 0.05) is 38.6 Å². The van der Waals surface area contributed by atoms with Crippen molar-refractivity contribution in [2.75, 3.05) is 4.90 Å². The molecule has 7 heteroatoms. The predicted octanol–water partition coefficient (Wildman–Crippen LogP) is 15.6. The molecule has 0 radical (unpaired) electrons. The number of nitriles is 1. The number of hydrogen-bond acceptors (Lipinski definition) is 6. The normalized spacial score (nSPS) is 15.0. The van der Waals surface area contributed by atoms with E-state index in [1.807, 2.05) is 60.7 Å². The molecule has 1 atom stereocenters. The SMILES string of the molecule is CC1(C)c2cc(C3=CCC4C(=C3)c3ccccc3N4c3cccc(-c4nc(-c5ccccc5)nc(-c5cccc(C#N)c5)n4)n3)ccc2-c2ccc(-c3cccc4c3c3ccccc3n4-c3ccccc3)cc21. The minimum Gasteiger partial charge on any atom is -0.318 e. The van der Waals surface area contributed by atoms with Crippen LogP contribution in [-0.2, 0) is 5.41 Å². The number of hydrogen-bond donors (Lipinski definition) is 0. The van der Waals surface area contributed by atoms with Crippen molar-refractivity contribution in [2.24, 2.45) is 0 Å². The Hall–Kier alpha value is -9.51. The van der Waals surface area contributed by atoms with Gasteiger partial charge in [-0.25, -0.2) is 19.9 Å². The van der Waals surface area contributed by atoms with Gasteiger partial charge < -0.3 is 9.47 Å². The number of aromatic nitrogens is 5. The summed E-state index contributed by atoms with van der Waals surface area (Å²) in [5.74, 6) is 2.30. The van der Waals surface area contributed by atoms with Crippen molar-refractivity contribution in [3.05, 3.63) is 246 Å². The van der Waals surface area contributed by atoms with E-state index in [2.05, 4.69) is 181 Å². The first-order valence-corrected chi connectivity index (χ1v) is 24.9. The second-order valence-electron chi connectivity index (χ2n) is 19.7. The van der Waals surface area contributed by atoms with Crippen molar-refractivity contribution in [2.45, 2.75) is 31.7 Å². The van der Waals surface area contributed by atoms with Crippen LogP contribution in [0.5, 0.6) is 0 Å². The highest BCUT2D eigenvalue weighted by atomic mass is 15.2. The fraction of sp³-hybridized carbons (Fsp3) is 0.0758. The van der Waals surface area contributed by atoms with Gasteiger partial charge in [0.15, 0.2) is 17.5 Å². The smallest absolute Gasteiger partial charge is 0.182 e. The predicted molar refractivity (Wildman–Crippen MR) is 295 cm³/mol. The van der Waals surface area contributed by atoms with E-state index in [1.165, 1.54) is 77.5 Å². The van der Waals surface area contributed by atoms with Crippen molar-refractivity contribution in [3.8, 4) is 68.3 Å². The van der Waals surface area contributed by atoms with Crippen LogP contribution in [0.1, 0.15) is 48.1 Å². The summed E-state index contributed by atoms with van der Waals surface area (Å²) >= 11 is 0. The molecule has 3 aliphatic rings. The monoisotopic (exact) mass is 935 g/mol. The van der Waals surface area contributed by atoms with E-state index < -0.39 is 0 Å². The van der Waals surface area contributed by atoms with Crippen molar-refractivity contribution in [3.63, 3.8) is 0 Å². The van der Waals surface area contributed by atoms with Gasteiger partial charge in [-0.1, -0.05) is 159 Å². The van der Waals surface area contributed by atoms with E-state index in [4.69, 9.17) is 19.9 Å². The summed E-state index contributed by atoms with van der Waals surface area (Å²) in [6, 6.07) is 74.8. The summed E-state index contributed by atoms with van der Waals surface area (Å²) in [7, 11) is 0. The Kier molecular flexibility index (Phi) is 9.61. The first kappa shape index (κ1) is 42.4. The molecule has 8 aromatic carbocycles. The van der Waals surface area contributed by atoms with Crippen LogP contribution in [0.2, 0.25) is 0 Å². The van der Waals surface area contributed by atoms with Crippen molar-refractivity contribution >= 4 is 44.5 Å². The van der Waals surface area contributed by atoms with Crippen LogP contribution >= 0.6 is 0 Å². The Balaban J connectivity index is 0.797. The number of fused-ring (bicyclic) bond motifs is 9. The summed E-state index contributed by atoms with van der Waals surface area (Å²) in [6.45, 7) is 4.77. The van der Waals surface area contributed by atoms with E-state index in [0.717, 1.165) is 34.7 Å². The van der Waals surface area contributed by atoms with Crippen molar-refractivity contribution in [1.82, 2.24) is 24.5 Å². The molecule has 73 heavy (non-hydrogen) atoms. The molecule has 0 amide bonds. The highest BCUT2D eigenvalue weighted by Gasteiger charge is 2.39. The van der Waals surface area contributed by atoms with E-state index in [9.17, 15) is 5.26 Å². The summed E-state index contributed by atoms with van der Waals surface area (Å²) in [5, 5.41) is 12.2. The highest BCUT2D eigenvalue weighted by Crippen LogP contribution is 2.53. The van der Waals surface area contributed by atoms with Gasteiger partial charge in [0.1, 0.15) is 11.5 Å². The van der Waals surface area contributed by atoms with Crippen molar-refractivity contribution in [1.29, 1.82) is 5.26 Å². The van der Waals surface area contributed by atoms with E-state index in [1.54, 1.807) is 6.07 Å². The number of anilines is 2. The average molecular weight is 936 g/mol. The van der Waals surface area contributed by atoms with Crippen LogP contribution < -0.4 is 4.90 Å².